The van der Waals surface area contributed by atoms with Gasteiger partial charge in [0.15, 0.2) is 0 Å². The molecule has 1 fully saturated rings. The molecule has 0 radical (unpaired) electrons. The van der Waals surface area contributed by atoms with Crippen molar-refractivity contribution in [2.45, 2.75) is 43.9 Å². The lowest BCUT2D eigenvalue weighted by atomic mass is 9.79. The number of thiophene rings is 1. The van der Waals surface area contributed by atoms with Crippen molar-refractivity contribution in [1.82, 2.24) is 4.90 Å². The average molecular weight is 268 g/mol. The van der Waals surface area contributed by atoms with Gasteiger partial charge in [-0.2, -0.15) is 0 Å². The Hall–Kier alpha value is -0.420. The summed E-state index contributed by atoms with van der Waals surface area (Å²) in [6, 6.07) is 4.31. The lowest BCUT2D eigenvalue weighted by molar-refractivity contribution is -0.0145. The predicted octanol–water partition coefficient (Wildman–Crippen LogP) is 2.47. The SMILES string of the molecule is COC1CCCC(CN)(N(C)Cc2cccs2)C1. The molecule has 2 unspecified atom stereocenters. The summed E-state index contributed by atoms with van der Waals surface area (Å²) < 4.78 is 5.55. The molecule has 4 heteroatoms. The van der Waals surface area contributed by atoms with E-state index in [1.165, 1.54) is 24.1 Å². The number of hydrogen-bond acceptors (Lipinski definition) is 4. The van der Waals surface area contributed by atoms with E-state index >= 15 is 0 Å². The molecule has 0 amide bonds. The van der Waals surface area contributed by atoms with Gasteiger partial charge < -0.3 is 10.5 Å². The molecule has 3 nitrogen and oxygen atoms in total. The molecule has 0 aliphatic heterocycles. The van der Waals surface area contributed by atoms with Crippen LogP contribution in [0.1, 0.15) is 30.6 Å². The van der Waals surface area contributed by atoms with Crippen molar-refractivity contribution < 1.29 is 4.74 Å². The Kier molecular flexibility index (Phi) is 4.78. The Labute approximate surface area is 114 Å². The summed E-state index contributed by atoms with van der Waals surface area (Å²) in [5.41, 5.74) is 6.21. The van der Waals surface area contributed by atoms with E-state index in [9.17, 15) is 0 Å². The third-order valence-corrected chi connectivity index (χ3v) is 5.13. The number of ether oxygens (including phenoxy) is 1. The second kappa shape index (κ2) is 6.15. The van der Waals surface area contributed by atoms with Crippen molar-refractivity contribution >= 4 is 11.3 Å². The Morgan fingerprint density at radius 2 is 2.44 bits per heavy atom. The maximum atomic E-state index is 6.09. The van der Waals surface area contributed by atoms with Crippen LogP contribution in [0.3, 0.4) is 0 Å². The van der Waals surface area contributed by atoms with E-state index in [2.05, 4.69) is 29.5 Å². The molecule has 2 atom stereocenters. The normalized spacial score (nSPS) is 28.8. The molecule has 1 aromatic rings. The van der Waals surface area contributed by atoms with E-state index in [4.69, 9.17) is 10.5 Å². The van der Waals surface area contributed by atoms with Crippen LogP contribution in [-0.4, -0.2) is 37.2 Å². The minimum absolute atomic E-state index is 0.114. The van der Waals surface area contributed by atoms with Gasteiger partial charge in [-0.15, -0.1) is 11.3 Å². The van der Waals surface area contributed by atoms with E-state index in [0.717, 1.165) is 13.0 Å². The van der Waals surface area contributed by atoms with E-state index in [1.54, 1.807) is 0 Å². The zero-order valence-electron chi connectivity index (χ0n) is 11.4. The summed E-state index contributed by atoms with van der Waals surface area (Å²) in [5.74, 6) is 0. The van der Waals surface area contributed by atoms with Gasteiger partial charge in [-0.1, -0.05) is 6.07 Å². The highest BCUT2D eigenvalue weighted by Gasteiger charge is 2.38. The molecule has 0 bridgehead atoms. The lowest BCUT2D eigenvalue weighted by Crippen LogP contribution is -2.55. The smallest absolute Gasteiger partial charge is 0.0589 e. The number of nitrogens with zero attached hydrogens (tertiary/aromatic N) is 1. The van der Waals surface area contributed by atoms with Gasteiger partial charge in [0, 0.05) is 30.6 Å². The number of rotatable bonds is 5. The summed E-state index contributed by atoms with van der Waals surface area (Å²) in [6.07, 6.45) is 5.00. The fraction of sp³-hybridized carbons (Fsp3) is 0.714. The third kappa shape index (κ3) is 2.94. The molecule has 1 aromatic heterocycles. The number of nitrogens with two attached hydrogens (primary N) is 1. The molecule has 18 heavy (non-hydrogen) atoms. The predicted molar refractivity (Wildman–Crippen MR) is 76.8 cm³/mol. The monoisotopic (exact) mass is 268 g/mol. The minimum Gasteiger partial charge on any atom is -0.381 e. The first-order valence-corrected chi connectivity index (χ1v) is 7.54. The molecular formula is C14H24N2OS. The first kappa shape index (κ1) is 14.0. The molecule has 2 rings (SSSR count). The zero-order valence-corrected chi connectivity index (χ0v) is 12.2. The number of methoxy groups -OCH3 is 1. The van der Waals surface area contributed by atoms with Crippen LogP contribution in [0.4, 0.5) is 0 Å². The quantitative estimate of drug-likeness (QED) is 0.891. The van der Waals surface area contributed by atoms with Gasteiger partial charge in [-0.25, -0.2) is 0 Å². The summed E-state index contributed by atoms with van der Waals surface area (Å²) >= 11 is 1.82. The molecule has 1 heterocycles. The second-order valence-electron chi connectivity index (χ2n) is 5.32. The molecule has 0 aromatic carbocycles. The summed E-state index contributed by atoms with van der Waals surface area (Å²) in [6.45, 7) is 1.71. The van der Waals surface area contributed by atoms with E-state index in [1.807, 2.05) is 18.4 Å². The number of hydrogen-bond donors (Lipinski definition) is 1. The second-order valence-corrected chi connectivity index (χ2v) is 6.35. The van der Waals surface area contributed by atoms with Crippen molar-refractivity contribution in [1.29, 1.82) is 0 Å². The van der Waals surface area contributed by atoms with Crippen molar-refractivity contribution in [3.63, 3.8) is 0 Å². The maximum Gasteiger partial charge on any atom is 0.0589 e. The van der Waals surface area contributed by atoms with Crippen LogP contribution in [0, 0.1) is 0 Å². The van der Waals surface area contributed by atoms with Gasteiger partial charge in [0.05, 0.1) is 6.10 Å². The van der Waals surface area contributed by atoms with Crippen LogP contribution >= 0.6 is 11.3 Å². The van der Waals surface area contributed by atoms with E-state index in [0.29, 0.717) is 12.6 Å². The lowest BCUT2D eigenvalue weighted by Gasteiger charge is -2.46. The van der Waals surface area contributed by atoms with E-state index < -0.39 is 0 Å². The van der Waals surface area contributed by atoms with Gasteiger partial charge in [0.25, 0.3) is 0 Å². The summed E-state index contributed by atoms with van der Waals surface area (Å²) in [7, 11) is 4.02. The fourth-order valence-electron chi connectivity index (χ4n) is 2.98. The van der Waals surface area contributed by atoms with Gasteiger partial charge in [0.2, 0.25) is 0 Å². The Morgan fingerprint density at radius 1 is 1.61 bits per heavy atom. The van der Waals surface area contributed by atoms with Crippen molar-refractivity contribution in [2.24, 2.45) is 5.73 Å². The van der Waals surface area contributed by atoms with Gasteiger partial charge in [-0.3, -0.25) is 4.90 Å². The number of likely N-dealkylation sites (N-methyl/N-ethyl adjacent to an activating group) is 1. The van der Waals surface area contributed by atoms with Crippen molar-refractivity contribution in [2.75, 3.05) is 20.7 Å². The van der Waals surface area contributed by atoms with Crippen LogP contribution < -0.4 is 5.73 Å². The highest BCUT2D eigenvalue weighted by molar-refractivity contribution is 7.09. The van der Waals surface area contributed by atoms with Crippen molar-refractivity contribution in [3.8, 4) is 0 Å². The molecule has 102 valence electrons. The maximum absolute atomic E-state index is 6.09. The largest absolute Gasteiger partial charge is 0.381 e. The Morgan fingerprint density at radius 3 is 3.06 bits per heavy atom. The first-order chi connectivity index (χ1) is 8.70. The third-order valence-electron chi connectivity index (χ3n) is 4.27. The summed E-state index contributed by atoms with van der Waals surface area (Å²) in [4.78, 5) is 3.84. The molecule has 0 saturated heterocycles. The Bertz CT molecular complexity index is 355. The van der Waals surface area contributed by atoms with Crippen LogP contribution in [0.5, 0.6) is 0 Å². The van der Waals surface area contributed by atoms with Crippen LogP contribution in [0.25, 0.3) is 0 Å². The first-order valence-electron chi connectivity index (χ1n) is 6.67. The molecular weight excluding hydrogens is 244 g/mol. The van der Waals surface area contributed by atoms with Gasteiger partial charge in [0.1, 0.15) is 0 Å². The van der Waals surface area contributed by atoms with Crippen molar-refractivity contribution in [3.05, 3.63) is 22.4 Å². The summed E-state index contributed by atoms with van der Waals surface area (Å²) in [5, 5.41) is 2.14. The molecule has 1 saturated carbocycles. The van der Waals surface area contributed by atoms with Crippen LogP contribution in [0.2, 0.25) is 0 Å². The zero-order chi connectivity index (χ0) is 13.0. The molecule has 1 aliphatic rings. The average Bonchev–Trinajstić information content (AvgIpc) is 2.91. The highest BCUT2D eigenvalue weighted by atomic mass is 32.1. The van der Waals surface area contributed by atoms with Crippen LogP contribution in [0.15, 0.2) is 17.5 Å². The van der Waals surface area contributed by atoms with Gasteiger partial charge >= 0.3 is 0 Å². The Balaban J connectivity index is 2.05. The van der Waals surface area contributed by atoms with Gasteiger partial charge in [-0.05, 0) is 44.2 Å². The topological polar surface area (TPSA) is 38.5 Å². The highest BCUT2D eigenvalue weighted by Crippen LogP contribution is 2.34. The molecule has 1 aliphatic carbocycles. The molecule has 2 N–H and O–H groups in total. The fourth-order valence-corrected chi connectivity index (χ4v) is 3.74. The molecule has 0 spiro atoms. The minimum atomic E-state index is 0.114. The standard InChI is InChI=1S/C14H24N2OS/c1-16(10-13-6-4-8-18-13)14(11-15)7-3-5-12(9-14)17-2/h4,6,8,12H,3,5,7,9-11,15H2,1-2H3. The van der Waals surface area contributed by atoms with E-state index in [-0.39, 0.29) is 5.54 Å². The van der Waals surface area contributed by atoms with Crippen LogP contribution in [-0.2, 0) is 11.3 Å².